The van der Waals surface area contributed by atoms with Gasteiger partial charge in [0.15, 0.2) is 5.16 Å². The molecule has 0 N–H and O–H groups in total. The molecule has 2 aromatic carbocycles. The molecule has 0 bridgehead atoms. The second-order valence-electron chi connectivity index (χ2n) is 7.72. The minimum Gasteiger partial charge on any atom is -0.441 e. The zero-order chi connectivity index (χ0) is 23.7. The first-order chi connectivity index (χ1) is 16.4. The van der Waals surface area contributed by atoms with Crippen LogP contribution in [0.25, 0.3) is 22.5 Å². The van der Waals surface area contributed by atoms with E-state index in [0.717, 1.165) is 28.4 Å². The Labute approximate surface area is 197 Å². The maximum Gasteiger partial charge on any atom is 0.416 e. The summed E-state index contributed by atoms with van der Waals surface area (Å²) in [5, 5.41) is 0.670. The highest BCUT2D eigenvalue weighted by Gasteiger charge is 2.30. The van der Waals surface area contributed by atoms with Crippen LogP contribution in [0.2, 0.25) is 0 Å². The van der Waals surface area contributed by atoms with E-state index in [0.29, 0.717) is 34.7 Å². The smallest absolute Gasteiger partial charge is 0.416 e. The average Bonchev–Trinajstić information content (AvgIpc) is 3.38. The predicted octanol–water partition coefficient (Wildman–Crippen LogP) is 6.75. The lowest BCUT2D eigenvalue weighted by Gasteiger charge is -2.10. The molecule has 0 radical (unpaired) electrons. The van der Waals surface area contributed by atoms with Gasteiger partial charge in [-0.05, 0) is 36.8 Å². The highest BCUT2D eigenvalue weighted by atomic mass is 32.2. The van der Waals surface area contributed by atoms with Gasteiger partial charge in [0.25, 0.3) is 0 Å². The van der Waals surface area contributed by atoms with Crippen molar-refractivity contribution in [1.29, 1.82) is 0 Å². The Hall–Kier alpha value is -3.59. The summed E-state index contributed by atoms with van der Waals surface area (Å²) in [5.74, 6) is 1.57. The van der Waals surface area contributed by atoms with Crippen molar-refractivity contribution in [3.8, 4) is 11.5 Å². The second kappa shape index (κ2) is 8.98. The van der Waals surface area contributed by atoms with Crippen molar-refractivity contribution in [2.45, 2.75) is 30.6 Å². The summed E-state index contributed by atoms with van der Waals surface area (Å²) in [6.07, 6.45) is -0.986. The second-order valence-corrected chi connectivity index (χ2v) is 8.66. The largest absolute Gasteiger partial charge is 0.441 e. The van der Waals surface area contributed by atoms with Crippen molar-refractivity contribution < 1.29 is 17.6 Å². The van der Waals surface area contributed by atoms with Gasteiger partial charge in [-0.1, -0.05) is 48.2 Å². The first-order valence-corrected chi connectivity index (χ1v) is 11.5. The Bertz CT molecular complexity index is 1440. The van der Waals surface area contributed by atoms with Crippen LogP contribution in [0, 0.1) is 6.92 Å². The quantitative estimate of drug-likeness (QED) is 0.252. The van der Waals surface area contributed by atoms with Gasteiger partial charge in [-0.3, -0.25) is 4.98 Å². The van der Waals surface area contributed by atoms with Crippen LogP contribution in [0.15, 0.2) is 82.6 Å². The van der Waals surface area contributed by atoms with E-state index in [-0.39, 0.29) is 0 Å². The number of halogens is 3. The third-order valence-electron chi connectivity index (χ3n) is 5.36. The number of rotatable bonds is 6. The monoisotopic (exact) mass is 480 g/mol. The minimum atomic E-state index is -4.37. The van der Waals surface area contributed by atoms with Crippen LogP contribution in [-0.2, 0) is 18.5 Å². The SMILES string of the molecule is Cc1oc(-c2ccccc2)nc1Cn1c(SCc2cccc(C(F)(F)F)c2)nc2ccncc21. The maximum absolute atomic E-state index is 13.1. The van der Waals surface area contributed by atoms with Crippen LogP contribution < -0.4 is 0 Å². The predicted molar refractivity (Wildman–Crippen MR) is 124 cm³/mol. The summed E-state index contributed by atoms with van der Waals surface area (Å²) in [6, 6.07) is 16.8. The molecular weight excluding hydrogens is 461 g/mol. The molecule has 0 saturated carbocycles. The van der Waals surface area contributed by atoms with Gasteiger partial charge < -0.3 is 8.98 Å². The third kappa shape index (κ3) is 4.56. The van der Waals surface area contributed by atoms with Gasteiger partial charge in [0.2, 0.25) is 5.89 Å². The van der Waals surface area contributed by atoms with E-state index in [1.54, 1.807) is 18.5 Å². The van der Waals surface area contributed by atoms with E-state index in [4.69, 9.17) is 9.40 Å². The summed E-state index contributed by atoms with van der Waals surface area (Å²) in [6.45, 7) is 2.26. The van der Waals surface area contributed by atoms with Gasteiger partial charge >= 0.3 is 6.18 Å². The molecule has 0 fully saturated rings. The summed E-state index contributed by atoms with van der Waals surface area (Å²) in [5.41, 5.74) is 3.12. The molecule has 0 saturated heterocycles. The Morgan fingerprint density at radius 1 is 1.00 bits per heavy atom. The third-order valence-corrected chi connectivity index (χ3v) is 6.41. The van der Waals surface area contributed by atoms with Crippen LogP contribution in [0.5, 0.6) is 0 Å². The zero-order valence-corrected chi connectivity index (χ0v) is 18.9. The topological polar surface area (TPSA) is 56.7 Å². The minimum absolute atomic E-state index is 0.341. The number of hydrogen-bond donors (Lipinski definition) is 0. The molecule has 5 rings (SSSR count). The van der Waals surface area contributed by atoms with Gasteiger partial charge in [0, 0.05) is 17.5 Å². The molecule has 9 heteroatoms. The number of pyridine rings is 1. The fourth-order valence-corrected chi connectivity index (χ4v) is 4.58. The van der Waals surface area contributed by atoms with Crippen molar-refractivity contribution in [2.24, 2.45) is 0 Å². The Morgan fingerprint density at radius 3 is 2.62 bits per heavy atom. The molecule has 5 aromatic rings. The van der Waals surface area contributed by atoms with Crippen LogP contribution in [0.1, 0.15) is 22.6 Å². The van der Waals surface area contributed by atoms with Crippen LogP contribution in [0.3, 0.4) is 0 Å². The molecule has 0 aliphatic rings. The molecule has 0 amide bonds. The normalized spacial score (nSPS) is 11.9. The van der Waals surface area contributed by atoms with Gasteiger partial charge in [-0.2, -0.15) is 13.2 Å². The fraction of sp³-hybridized carbons (Fsp3) is 0.160. The van der Waals surface area contributed by atoms with E-state index in [1.165, 1.54) is 23.9 Å². The number of oxazole rings is 1. The molecule has 0 aliphatic heterocycles. The van der Waals surface area contributed by atoms with Crippen LogP contribution in [0.4, 0.5) is 13.2 Å². The summed E-state index contributed by atoms with van der Waals surface area (Å²) < 4.78 is 47.2. The van der Waals surface area contributed by atoms with Crippen molar-refractivity contribution in [1.82, 2.24) is 19.5 Å². The lowest BCUT2D eigenvalue weighted by molar-refractivity contribution is -0.137. The Morgan fingerprint density at radius 2 is 1.82 bits per heavy atom. The first-order valence-electron chi connectivity index (χ1n) is 10.5. The highest BCUT2D eigenvalue weighted by molar-refractivity contribution is 7.98. The number of thioether (sulfide) groups is 1. The number of hydrogen-bond acceptors (Lipinski definition) is 5. The standard InChI is InChI=1S/C25H19F3N4OS/c1-16-21(30-23(33-16)18-7-3-2-4-8-18)14-32-22-13-29-11-10-20(22)31-24(32)34-15-17-6-5-9-19(12-17)25(26,27)28/h2-13H,14-15H2,1H3. The molecule has 3 aromatic heterocycles. The van der Waals surface area contributed by atoms with Crippen molar-refractivity contribution in [3.05, 3.63) is 95.6 Å². The average molecular weight is 481 g/mol. The van der Waals surface area contributed by atoms with E-state index in [9.17, 15) is 13.2 Å². The molecule has 34 heavy (non-hydrogen) atoms. The molecule has 0 aliphatic carbocycles. The van der Waals surface area contributed by atoms with E-state index >= 15 is 0 Å². The molecule has 0 spiro atoms. The number of alkyl halides is 3. The number of imidazole rings is 1. The lowest BCUT2D eigenvalue weighted by Crippen LogP contribution is -2.05. The zero-order valence-electron chi connectivity index (χ0n) is 18.1. The number of benzene rings is 2. The number of nitrogens with zero attached hydrogens (tertiary/aromatic N) is 4. The number of aryl methyl sites for hydroxylation is 1. The Kier molecular flexibility index (Phi) is 5.87. The van der Waals surface area contributed by atoms with E-state index in [2.05, 4.69) is 9.97 Å². The van der Waals surface area contributed by atoms with Gasteiger partial charge in [-0.25, -0.2) is 9.97 Å². The number of fused-ring (bicyclic) bond motifs is 1. The highest BCUT2D eigenvalue weighted by Crippen LogP contribution is 2.32. The van der Waals surface area contributed by atoms with Crippen LogP contribution >= 0.6 is 11.8 Å². The molecular formula is C25H19F3N4OS. The molecule has 5 nitrogen and oxygen atoms in total. The molecule has 172 valence electrons. The van der Waals surface area contributed by atoms with E-state index in [1.807, 2.05) is 47.9 Å². The van der Waals surface area contributed by atoms with Crippen molar-refractivity contribution >= 4 is 22.8 Å². The number of aromatic nitrogens is 4. The van der Waals surface area contributed by atoms with Crippen LogP contribution in [-0.4, -0.2) is 19.5 Å². The Balaban J connectivity index is 1.45. The van der Waals surface area contributed by atoms with Gasteiger partial charge in [-0.15, -0.1) is 0 Å². The van der Waals surface area contributed by atoms with Crippen molar-refractivity contribution in [2.75, 3.05) is 0 Å². The lowest BCUT2D eigenvalue weighted by atomic mass is 10.1. The first kappa shape index (κ1) is 22.2. The summed E-state index contributed by atoms with van der Waals surface area (Å²) in [7, 11) is 0. The summed E-state index contributed by atoms with van der Waals surface area (Å²) >= 11 is 1.37. The van der Waals surface area contributed by atoms with Gasteiger partial charge in [0.05, 0.1) is 29.3 Å². The summed E-state index contributed by atoms with van der Waals surface area (Å²) in [4.78, 5) is 13.6. The molecule has 0 atom stereocenters. The van der Waals surface area contributed by atoms with Crippen molar-refractivity contribution in [3.63, 3.8) is 0 Å². The van der Waals surface area contributed by atoms with E-state index < -0.39 is 11.7 Å². The van der Waals surface area contributed by atoms with Gasteiger partial charge in [0.1, 0.15) is 11.5 Å². The fourth-order valence-electron chi connectivity index (χ4n) is 3.62. The molecule has 0 unspecified atom stereocenters. The molecule has 3 heterocycles. The maximum atomic E-state index is 13.1.